The first-order chi connectivity index (χ1) is 9.13. The molecule has 0 atom stereocenters. The van der Waals surface area contributed by atoms with Gasteiger partial charge in [-0.15, -0.1) is 0 Å². The van der Waals surface area contributed by atoms with Crippen molar-refractivity contribution in [3.05, 3.63) is 51.9 Å². The first-order valence-corrected chi connectivity index (χ1v) is 6.57. The molecule has 0 bridgehead atoms. The van der Waals surface area contributed by atoms with E-state index >= 15 is 0 Å². The predicted octanol–water partition coefficient (Wildman–Crippen LogP) is 2.93. The zero-order valence-electron chi connectivity index (χ0n) is 10.5. The van der Waals surface area contributed by atoms with E-state index < -0.39 is 0 Å². The fraction of sp³-hybridized carbons (Fsp3) is 0.214. The highest BCUT2D eigenvalue weighted by Gasteiger charge is 2.12. The largest absolute Gasteiger partial charge is 0.496 e. The summed E-state index contributed by atoms with van der Waals surface area (Å²) in [4.78, 5) is 12.0. The third-order valence-corrected chi connectivity index (χ3v) is 3.34. The van der Waals surface area contributed by atoms with Crippen molar-refractivity contribution in [1.29, 1.82) is 0 Å². The molecule has 0 amide bonds. The van der Waals surface area contributed by atoms with Gasteiger partial charge in [-0.3, -0.25) is 4.79 Å². The molecule has 0 unspecified atom stereocenters. The van der Waals surface area contributed by atoms with E-state index in [2.05, 4.69) is 15.9 Å². The first kappa shape index (κ1) is 13.8. The lowest BCUT2D eigenvalue weighted by molar-refractivity contribution is 0.0964. The monoisotopic (exact) mass is 323 g/mol. The maximum atomic E-state index is 12.0. The minimum Gasteiger partial charge on any atom is -0.496 e. The highest BCUT2D eigenvalue weighted by Crippen LogP contribution is 2.26. The highest BCUT2D eigenvalue weighted by atomic mass is 79.9. The predicted molar refractivity (Wildman–Crippen MR) is 75.3 cm³/mol. The molecule has 0 aliphatic carbocycles. The number of ether oxygens (including phenoxy) is 1. The fourth-order valence-electron chi connectivity index (χ4n) is 1.73. The molecule has 4 nitrogen and oxygen atoms in total. The Hall–Kier alpha value is -1.59. The highest BCUT2D eigenvalue weighted by molar-refractivity contribution is 9.10. The van der Waals surface area contributed by atoms with Crippen LogP contribution in [-0.2, 0) is 13.0 Å². The van der Waals surface area contributed by atoms with Crippen molar-refractivity contribution in [2.24, 2.45) is 5.73 Å². The zero-order chi connectivity index (χ0) is 13.8. The SMILES string of the molecule is COc1ccc(CC(=O)c2ccc(CN)o2)cc1Br. The number of halogens is 1. The van der Waals surface area contributed by atoms with Crippen molar-refractivity contribution in [2.45, 2.75) is 13.0 Å². The van der Waals surface area contributed by atoms with Gasteiger partial charge in [0, 0.05) is 6.42 Å². The van der Waals surface area contributed by atoms with Gasteiger partial charge in [-0.1, -0.05) is 6.07 Å². The van der Waals surface area contributed by atoms with Crippen LogP contribution in [0.25, 0.3) is 0 Å². The normalized spacial score (nSPS) is 10.5. The third-order valence-electron chi connectivity index (χ3n) is 2.72. The van der Waals surface area contributed by atoms with Crippen LogP contribution in [0, 0.1) is 0 Å². The summed E-state index contributed by atoms with van der Waals surface area (Å²) in [6.45, 7) is 0.293. The Morgan fingerprint density at radius 2 is 2.16 bits per heavy atom. The van der Waals surface area contributed by atoms with E-state index in [0.717, 1.165) is 15.8 Å². The number of benzene rings is 1. The third kappa shape index (κ3) is 3.24. The zero-order valence-corrected chi connectivity index (χ0v) is 12.1. The smallest absolute Gasteiger partial charge is 0.202 e. The standard InChI is InChI=1S/C14H14BrNO3/c1-18-13-4-2-9(6-11(13)15)7-12(17)14-5-3-10(8-16)19-14/h2-6H,7-8,16H2,1H3. The van der Waals surface area contributed by atoms with Gasteiger partial charge in [0.25, 0.3) is 0 Å². The van der Waals surface area contributed by atoms with E-state index in [1.54, 1.807) is 19.2 Å². The number of hydrogen-bond donors (Lipinski definition) is 1. The molecule has 2 rings (SSSR count). The average molecular weight is 324 g/mol. The Labute approximate surface area is 119 Å². The molecule has 1 aromatic heterocycles. The lowest BCUT2D eigenvalue weighted by atomic mass is 10.1. The molecule has 1 aromatic carbocycles. The summed E-state index contributed by atoms with van der Waals surface area (Å²) in [6, 6.07) is 8.91. The van der Waals surface area contributed by atoms with Gasteiger partial charge in [-0.05, 0) is 45.8 Å². The number of nitrogens with two attached hydrogens (primary N) is 1. The number of furan rings is 1. The van der Waals surface area contributed by atoms with Gasteiger partial charge in [-0.25, -0.2) is 0 Å². The van der Waals surface area contributed by atoms with Crippen LogP contribution in [0.15, 0.2) is 39.2 Å². The van der Waals surface area contributed by atoms with E-state index in [-0.39, 0.29) is 12.2 Å². The number of carbonyl (C=O) groups is 1. The van der Waals surface area contributed by atoms with E-state index in [9.17, 15) is 4.79 Å². The number of hydrogen-bond acceptors (Lipinski definition) is 4. The molecular weight excluding hydrogens is 310 g/mol. The molecular formula is C14H14BrNO3. The van der Waals surface area contributed by atoms with Crippen molar-refractivity contribution < 1.29 is 13.9 Å². The first-order valence-electron chi connectivity index (χ1n) is 5.78. The second-order valence-corrected chi connectivity index (χ2v) is 4.89. The molecule has 100 valence electrons. The second-order valence-electron chi connectivity index (χ2n) is 4.04. The van der Waals surface area contributed by atoms with Crippen molar-refractivity contribution >= 4 is 21.7 Å². The summed E-state index contributed by atoms with van der Waals surface area (Å²) in [7, 11) is 1.60. The minimum absolute atomic E-state index is 0.0724. The molecule has 0 fully saturated rings. The van der Waals surface area contributed by atoms with Crippen LogP contribution in [0.5, 0.6) is 5.75 Å². The van der Waals surface area contributed by atoms with E-state index in [4.69, 9.17) is 14.9 Å². The van der Waals surface area contributed by atoms with Crippen LogP contribution in [0.4, 0.5) is 0 Å². The molecule has 2 aromatic rings. The van der Waals surface area contributed by atoms with Gasteiger partial charge in [0.1, 0.15) is 11.5 Å². The molecule has 0 aliphatic heterocycles. The molecule has 0 radical (unpaired) electrons. The van der Waals surface area contributed by atoms with Crippen molar-refractivity contribution in [2.75, 3.05) is 7.11 Å². The van der Waals surface area contributed by atoms with Crippen LogP contribution < -0.4 is 10.5 Å². The Balaban J connectivity index is 2.12. The minimum atomic E-state index is -0.0724. The Morgan fingerprint density at radius 3 is 2.74 bits per heavy atom. The Morgan fingerprint density at radius 1 is 1.37 bits per heavy atom. The lowest BCUT2D eigenvalue weighted by Crippen LogP contribution is -2.02. The summed E-state index contributed by atoms with van der Waals surface area (Å²) >= 11 is 3.39. The van der Waals surface area contributed by atoms with Crippen molar-refractivity contribution in [3.63, 3.8) is 0 Å². The topological polar surface area (TPSA) is 65.5 Å². The van der Waals surface area contributed by atoms with Gasteiger partial charge in [0.15, 0.2) is 5.76 Å². The van der Waals surface area contributed by atoms with Crippen LogP contribution in [0.3, 0.4) is 0 Å². The van der Waals surface area contributed by atoms with E-state index in [1.165, 1.54) is 0 Å². The number of ketones is 1. The molecule has 0 spiro atoms. The lowest BCUT2D eigenvalue weighted by Gasteiger charge is -2.05. The summed E-state index contributed by atoms with van der Waals surface area (Å²) in [5.41, 5.74) is 6.33. The summed E-state index contributed by atoms with van der Waals surface area (Å²) in [5, 5.41) is 0. The van der Waals surface area contributed by atoms with Gasteiger partial charge < -0.3 is 14.9 Å². The molecule has 0 saturated heterocycles. The molecule has 1 heterocycles. The van der Waals surface area contributed by atoms with Crippen molar-refractivity contribution in [3.8, 4) is 5.75 Å². The Kier molecular flexibility index (Phi) is 4.39. The van der Waals surface area contributed by atoms with Crippen LogP contribution in [0.1, 0.15) is 21.9 Å². The number of methoxy groups -OCH3 is 1. The van der Waals surface area contributed by atoms with Gasteiger partial charge in [-0.2, -0.15) is 0 Å². The van der Waals surface area contributed by atoms with Crippen LogP contribution in [-0.4, -0.2) is 12.9 Å². The maximum Gasteiger partial charge on any atom is 0.202 e. The summed E-state index contributed by atoms with van der Waals surface area (Å²) in [5.74, 6) is 1.61. The summed E-state index contributed by atoms with van der Waals surface area (Å²) < 4.78 is 11.3. The number of carbonyl (C=O) groups excluding carboxylic acids is 1. The molecule has 19 heavy (non-hydrogen) atoms. The molecule has 0 aliphatic rings. The van der Waals surface area contributed by atoms with E-state index in [1.807, 2.05) is 18.2 Å². The van der Waals surface area contributed by atoms with E-state index in [0.29, 0.717) is 18.1 Å². The van der Waals surface area contributed by atoms with Gasteiger partial charge in [0.05, 0.1) is 18.1 Å². The van der Waals surface area contributed by atoms with Crippen LogP contribution >= 0.6 is 15.9 Å². The Bertz CT molecular complexity index is 592. The maximum absolute atomic E-state index is 12.0. The number of rotatable bonds is 5. The fourth-order valence-corrected chi connectivity index (χ4v) is 2.32. The molecule has 2 N–H and O–H groups in total. The summed E-state index contributed by atoms with van der Waals surface area (Å²) in [6.07, 6.45) is 0.278. The quantitative estimate of drug-likeness (QED) is 0.859. The van der Waals surface area contributed by atoms with Crippen molar-refractivity contribution in [1.82, 2.24) is 0 Å². The van der Waals surface area contributed by atoms with Gasteiger partial charge in [0.2, 0.25) is 5.78 Å². The number of Topliss-reactive ketones (excluding diaryl/α,β-unsaturated/α-hetero) is 1. The van der Waals surface area contributed by atoms with Gasteiger partial charge >= 0.3 is 0 Å². The molecule has 5 heteroatoms. The van der Waals surface area contributed by atoms with Crippen LogP contribution in [0.2, 0.25) is 0 Å². The second kappa shape index (κ2) is 6.04. The average Bonchev–Trinajstić information content (AvgIpc) is 2.88. The molecule has 0 saturated carbocycles.